The van der Waals surface area contributed by atoms with Gasteiger partial charge in [-0.3, -0.25) is 10.1 Å². The Hall–Kier alpha value is -2.81. The number of nitrogens with one attached hydrogen (secondary N) is 3. The van der Waals surface area contributed by atoms with Crippen molar-refractivity contribution in [2.75, 3.05) is 10.6 Å². The summed E-state index contributed by atoms with van der Waals surface area (Å²) in [7, 11) is 0. The lowest BCUT2D eigenvalue weighted by molar-refractivity contribution is -0.383. The highest BCUT2D eigenvalue weighted by molar-refractivity contribution is 5.74. The Balaban J connectivity index is 1.92. The second kappa shape index (κ2) is 7.31. The molecular formula is C19H25FN6O2. The van der Waals surface area contributed by atoms with Gasteiger partial charge in [0.15, 0.2) is 0 Å². The highest BCUT2D eigenvalue weighted by Gasteiger charge is 2.38. The minimum absolute atomic E-state index is 0.0128. The van der Waals surface area contributed by atoms with Gasteiger partial charge in [-0.15, -0.1) is 0 Å². The highest BCUT2D eigenvalue weighted by atomic mass is 19.1. The normalized spacial score (nSPS) is 18.5. The van der Waals surface area contributed by atoms with Crippen molar-refractivity contribution in [3.8, 4) is 0 Å². The molecule has 0 atom stereocenters. The van der Waals surface area contributed by atoms with Crippen LogP contribution in [0.1, 0.15) is 40.5 Å². The smallest absolute Gasteiger partial charge is 0.353 e. The molecule has 0 bridgehead atoms. The molecule has 0 radical (unpaired) electrons. The molecule has 1 aliphatic rings. The van der Waals surface area contributed by atoms with Gasteiger partial charge in [0.1, 0.15) is 12.1 Å². The highest BCUT2D eigenvalue weighted by Crippen LogP contribution is 2.35. The molecule has 1 aliphatic heterocycles. The van der Waals surface area contributed by atoms with E-state index in [0.717, 1.165) is 12.8 Å². The summed E-state index contributed by atoms with van der Waals surface area (Å²) in [6, 6.07) is 5.93. The first-order chi connectivity index (χ1) is 13.1. The summed E-state index contributed by atoms with van der Waals surface area (Å²) in [6.45, 7) is 8.40. The van der Waals surface area contributed by atoms with E-state index in [1.165, 1.54) is 18.5 Å². The van der Waals surface area contributed by atoms with E-state index in [2.05, 4.69) is 53.6 Å². The van der Waals surface area contributed by atoms with Gasteiger partial charge in [0.2, 0.25) is 11.6 Å². The van der Waals surface area contributed by atoms with E-state index >= 15 is 0 Å². The van der Waals surface area contributed by atoms with Gasteiger partial charge >= 0.3 is 5.69 Å². The molecule has 1 fully saturated rings. The number of halogens is 1. The lowest BCUT2D eigenvalue weighted by Gasteiger charge is -2.46. The molecule has 0 aliphatic carbocycles. The molecule has 0 unspecified atom stereocenters. The predicted molar refractivity (Wildman–Crippen MR) is 106 cm³/mol. The van der Waals surface area contributed by atoms with Gasteiger partial charge in [0.25, 0.3) is 0 Å². The van der Waals surface area contributed by atoms with Crippen molar-refractivity contribution in [3.05, 3.63) is 46.5 Å². The maximum atomic E-state index is 14.0. The lowest BCUT2D eigenvalue weighted by atomic mass is 9.79. The molecule has 8 nitrogen and oxygen atoms in total. The lowest BCUT2D eigenvalue weighted by Crippen LogP contribution is -2.60. The van der Waals surface area contributed by atoms with Crippen molar-refractivity contribution in [2.24, 2.45) is 0 Å². The maximum absolute atomic E-state index is 14.0. The quantitative estimate of drug-likeness (QED) is 0.525. The van der Waals surface area contributed by atoms with Crippen LogP contribution < -0.4 is 16.0 Å². The van der Waals surface area contributed by atoms with Gasteiger partial charge in [-0.25, -0.2) is 14.4 Å². The fraction of sp³-hybridized carbons (Fsp3) is 0.474. The number of hydrogen-bond acceptors (Lipinski definition) is 7. The van der Waals surface area contributed by atoms with Crippen LogP contribution in [0.4, 0.5) is 27.4 Å². The predicted octanol–water partition coefficient (Wildman–Crippen LogP) is 3.99. The number of nitro groups is 1. The Morgan fingerprint density at radius 1 is 1.14 bits per heavy atom. The van der Waals surface area contributed by atoms with Crippen LogP contribution >= 0.6 is 0 Å². The number of aromatic nitrogens is 2. The first-order valence-corrected chi connectivity index (χ1v) is 9.13. The molecule has 2 heterocycles. The fourth-order valence-corrected chi connectivity index (χ4v) is 4.06. The summed E-state index contributed by atoms with van der Waals surface area (Å²) in [5.41, 5.74) is -0.454. The van der Waals surface area contributed by atoms with Crippen LogP contribution in [0.2, 0.25) is 0 Å². The van der Waals surface area contributed by atoms with E-state index in [4.69, 9.17) is 0 Å². The first-order valence-electron chi connectivity index (χ1n) is 9.13. The third kappa shape index (κ3) is 4.53. The van der Waals surface area contributed by atoms with Crippen LogP contribution in [0.3, 0.4) is 0 Å². The van der Waals surface area contributed by atoms with E-state index in [0.29, 0.717) is 0 Å². The molecular weight excluding hydrogens is 363 g/mol. The second-order valence-corrected chi connectivity index (χ2v) is 8.42. The first kappa shape index (κ1) is 19.9. The average molecular weight is 388 g/mol. The number of hydrogen-bond donors (Lipinski definition) is 3. The van der Waals surface area contributed by atoms with Gasteiger partial charge in [0, 0.05) is 17.1 Å². The molecule has 1 saturated heterocycles. The van der Waals surface area contributed by atoms with Gasteiger partial charge < -0.3 is 16.0 Å². The summed E-state index contributed by atoms with van der Waals surface area (Å²) >= 11 is 0. The minimum Gasteiger partial charge on any atom is -0.361 e. The van der Waals surface area contributed by atoms with Crippen molar-refractivity contribution < 1.29 is 9.31 Å². The van der Waals surface area contributed by atoms with Crippen LogP contribution in [0.15, 0.2) is 30.6 Å². The number of piperidine rings is 1. The Labute approximate surface area is 163 Å². The summed E-state index contributed by atoms with van der Waals surface area (Å²) in [4.78, 5) is 19.3. The standard InChI is InChI=1S/C19H25FN6O2/c1-18(2)9-12(10-19(3,4)25-18)23-16-15(26(27)28)17(22-11-21-16)24-14-8-6-5-7-13(14)20/h5-8,11-12,25H,9-10H2,1-4H3,(H2,21,22,23,24). The molecule has 3 rings (SSSR count). The van der Waals surface area contributed by atoms with Crippen molar-refractivity contribution in [1.29, 1.82) is 0 Å². The third-order valence-corrected chi connectivity index (χ3v) is 4.66. The Bertz CT molecular complexity index is 870. The monoisotopic (exact) mass is 388 g/mol. The zero-order valence-electron chi connectivity index (χ0n) is 16.4. The Kier molecular flexibility index (Phi) is 5.20. The number of nitrogens with zero attached hydrogens (tertiary/aromatic N) is 3. The number of rotatable bonds is 5. The second-order valence-electron chi connectivity index (χ2n) is 8.42. The minimum atomic E-state index is -0.553. The molecule has 1 aromatic heterocycles. The van der Waals surface area contributed by atoms with E-state index in [1.54, 1.807) is 12.1 Å². The van der Waals surface area contributed by atoms with E-state index in [1.807, 2.05) is 0 Å². The summed E-state index contributed by atoms with van der Waals surface area (Å²) < 4.78 is 14.0. The van der Waals surface area contributed by atoms with E-state index in [-0.39, 0.29) is 40.1 Å². The third-order valence-electron chi connectivity index (χ3n) is 4.66. The van der Waals surface area contributed by atoms with E-state index < -0.39 is 10.7 Å². The molecule has 0 spiro atoms. The topological polar surface area (TPSA) is 105 Å². The van der Waals surface area contributed by atoms with E-state index in [9.17, 15) is 14.5 Å². The molecule has 28 heavy (non-hydrogen) atoms. The zero-order chi connectivity index (χ0) is 20.5. The zero-order valence-corrected chi connectivity index (χ0v) is 16.4. The van der Waals surface area contributed by atoms with Crippen molar-refractivity contribution in [3.63, 3.8) is 0 Å². The molecule has 2 aromatic rings. The van der Waals surface area contributed by atoms with Crippen LogP contribution in [0.5, 0.6) is 0 Å². The molecule has 1 aromatic carbocycles. The summed E-state index contributed by atoms with van der Waals surface area (Å²) in [5.74, 6) is -0.454. The number of para-hydroxylation sites is 1. The van der Waals surface area contributed by atoms with Crippen molar-refractivity contribution >= 4 is 23.0 Å². The van der Waals surface area contributed by atoms with Crippen molar-refractivity contribution in [2.45, 2.75) is 57.7 Å². The van der Waals surface area contributed by atoms with Gasteiger partial charge in [-0.05, 0) is 52.7 Å². The van der Waals surface area contributed by atoms with Gasteiger partial charge in [-0.2, -0.15) is 0 Å². The SMILES string of the molecule is CC1(C)CC(Nc2ncnc(Nc3ccccc3F)c2[N+](=O)[O-])CC(C)(C)N1. The molecule has 3 N–H and O–H groups in total. The van der Waals surface area contributed by atoms with Crippen LogP contribution in [-0.2, 0) is 0 Å². The number of anilines is 3. The van der Waals surface area contributed by atoms with Crippen LogP contribution in [0, 0.1) is 15.9 Å². The average Bonchev–Trinajstić information content (AvgIpc) is 2.54. The molecule has 9 heteroatoms. The molecule has 0 saturated carbocycles. The van der Waals surface area contributed by atoms with Crippen LogP contribution in [-0.4, -0.2) is 32.0 Å². The Morgan fingerprint density at radius 2 is 1.75 bits per heavy atom. The molecule has 150 valence electrons. The van der Waals surface area contributed by atoms with Crippen molar-refractivity contribution in [1.82, 2.24) is 15.3 Å². The Morgan fingerprint density at radius 3 is 2.36 bits per heavy atom. The summed E-state index contributed by atoms with van der Waals surface area (Å²) in [5, 5.41) is 21.3. The van der Waals surface area contributed by atoms with Gasteiger partial charge in [0.05, 0.1) is 10.6 Å². The largest absolute Gasteiger partial charge is 0.361 e. The van der Waals surface area contributed by atoms with Gasteiger partial charge in [-0.1, -0.05) is 12.1 Å². The maximum Gasteiger partial charge on any atom is 0.353 e. The molecule has 0 amide bonds. The fourth-order valence-electron chi connectivity index (χ4n) is 4.06. The number of benzene rings is 1. The summed E-state index contributed by atoms with van der Waals surface area (Å²) in [6.07, 6.45) is 2.77. The van der Waals surface area contributed by atoms with Crippen LogP contribution in [0.25, 0.3) is 0 Å².